The van der Waals surface area contributed by atoms with Crippen LogP contribution in [0, 0.1) is 12.7 Å². The summed E-state index contributed by atoms with van der Waals surface area (Å²) in [5.74, 6) is -1.97. The summed E-state index contributed by atoms with van der Waals surface area (Å²) >= 11 is 0. The smallest absolute Gasteiger partial charge is 0.322 e. The molecule has 4 aromatic rings. The Bertz CT molecular complexity index is 1610. The zero-order valence-electron chi connectivity index (χ0n) is 21.1. The lowest BCUT2D eigenvalue weighted by Crippen LogP contribution is -2.33. The van der Waals surface area contributed by atoms with Crippen LogP contribution in [0.5, 0.6) is 0 Å². The molecule has 0 unspecified atom stereocenters. The van der Waals surface area contributed by atoms with E-state index in [0.29, 0.717) is 22.5 Å². The van der Waals surface area contributed by atoms with E-state index in [2.05, 4.69) is 15.3 Å². The molecule has 1 aliphatic heterocycles. The van der Waals surface area contributed by atoms with Crippen molar-refractivity contribution in [2.75, 3.05) is 10.2 Å². The van der Waals surface area contributed by atoms with E-state index in [9.17, 15) is 27.2 Å². The Morgan fingerprint density at radius 3 is 2.38 bits per heavy atom. The molecule has 1 N–H and O–H groups in total. The number of carbonyl (C=O) groups is 2. The molecule has 0 bridgehead atoms. The SMILES string of the molecule is Cc1ccc(NC(=O)c2cc(-c3cccc4c3C(C)(C)C(=O)N4c3cncc(F)c3)cnc2C(F)(F)F)cc1. The molecule has 2 aromatic carbocycles. The van der Waals surface area contributed by atoms with Gasteiger partial charge in [0.1, 0.15) is 5.82 Å². The Kier molecular flexibility index (Phi) is 6.21. The van der Waals surface area contributed by atoms with Gasteiger partial charge in [0, 0.05) is 23.5 Å². The fourth-order valence-electron chi connectivity index (χ4n) is 4.75. The van der Waals surface area contributed by atoms with Gasteiger partial charge in [0.25, 0.3) is 5.91 Å². The summed E-state index contributed by atoms with van der Waals surface area (Å²) in [5, 5.41) is 2.50. The molecule has 5 rings (SSSR count). The van der Waals surface area contributed by atoms with Crippen LogP contribution in [0.15, 0.2) is 73.2 Å². The van der Waals surface area contributed by atoms with Crippen molar-refractivity contribution in [2.45, 2.75) is 32.4 Å². The van der Waals surface area contributed by atoms with Crippen LogP contribution >= 0.6 is 0 Å². The van der Waals surface area contributed by atoms with Gasteiger partial charge in [-0.25, -0.2) is 4.39 Å². The summed E-state index contributed by atoms with van der Waals surface area (Å²) in [7, 11) is 0. The largest absolute Gasteiger partial charge is 0.434 e. The van der Waals surface area contributed by atoms with Gasteiger partial charge in [0.05, 0.1) is 34.7 Å². The van der Waals surface area contributed by atoms with E-state index >= 15 is 0 Å². The highest BCUT2D eigenvalue weighted by atomic mass is 19.4. The van der Waals surface area contributed by atoms with E-state index in [0.717, 1.165) is 24.0 Å². The average molecular weight is 535 g/mol. The zero-order valence-corrected chi connectivity index (χ0v) is 21.1. The van der Waals surface area contributed by atoms with E-state index in [4.69, 9.17) is 0 Å². The van der Waals surface area contributed by atoms with Gasteiger partial charge < -0.3 is 5.32 Å². The van der Waals surface area contributed by atoms with Gasteiger partial charge in [0.15, 0.2) is 5.69 Å². The molecule has 0 atom stereocenters. The zero-order chi connectivity index (χ0) is 28.1. The lowest BCUT2D eigenvalue weighted by Gasteiger charge is -2.21. The van der Waals surface area contributed by atoms with E-state index in [1.807, 2.05) is 6.92 Å². The maximum atomic E-state index is 14.0. The molecule has 0 fully saturated rings. The topological polar surface area (TPSA) is 75.2 Å². The number of benzene rings is 2. The van der Waals surface area contributed by atoms with E-state index < -0.39 is 34.6 Å². The van der Waals surface area contributed by atoms with Crippen LogP contribution in [-0.2, 0) is 16.4 Å². The molecule has 39 heavy (non-hydrogen) atoms. The second kappa shape index (κ2) is 9.30. The number of nitrogens with zero attached hydrogens (tertiary/aromatic N) is 3. The number of anilines is 3. The van der Waals surface area contributed by atoms with Gasteiger partial charge in [-0.3, -0.25) is 24.5 Å². The van der Waals surface area contributed by atoms with Crippen LogP contribution in [0.1, 0.15) is 41.0 Å². The Morgan fingerprint density at radius 1 is 1.00 bits per heavy atom. The van der Waals surface area contributed by atoms with E-state index in [1.165, 1.54) is 17.2 Å². The van der Waals surface area contributed by atoms with Gasteiger partial charge >= 0.3 is 6.18 Å². The number of amides is 2. The highest BCUT2D eigenvalue weighted by Gasteiger charge is 2.46. The second-order valence-electron chi connectivity index (χ2n) is 9.76. The molecule has 0 radical (unpaired) electrons. The van der Waals surface area contributed by atoms with Crippen LogP contribution in [0.3, 0.4) is 0 Å². The van der Waals surface area contributed by atoms with Gasteiger partial charge in [-0.2, -0.15) is 13.2 Å². The molecule has 0 spiro atoms. The number of aromatic nitrogens is 2. The molecule has 6 nitrogen and oxygen atoms in total. The van der Waals surface area contributed by atoms with Crippen LogP contribution in [-0.4, -0.2) is 21.8 Å². The van der Waals surface area contributed by atoms with E-state index in [-0.39, 0.29) is 17.2 Å². The predicted molar refractivity (Wildman–Crippen MR) is 138 cm³/mol. The van der Waals surface area contributed by atoms with Gasteiger partial charge in [-0.1, -0.05) is 29.8 Å². The first kappa shape index (κ1) is 26.0. The van der Waals surface area contributed by atoms with Gasteiger partial charge in [0.2, 0.25) is 5.91 Å². The predicted octanol–water partition coefficient (Wildman–Crippen LogP) is 6.82. The number of nitrogens with one attached hydrogen (secondary N) is 1. The van der Waals surface area contributed by atoms with Crippen molar-refractivity contribution in [1.29, 1.82) is 0 Å². The number of hydrogen-bond acceptors (Lipinski definition) is 4. The van der Waals surface area contributed by atoms with Crippen LogP contribution in [0.4, 0.5) is 34.6 Å². The van der Waals surface area contributed by atoms with Crippen LogP contribution in [0.2, 0.25) is 0 Å². The Morgan fingerprint density at radius 2 is 1.72 bits per heavy atom. The third kappa shape index (κ3) is 4.62. The third-order valence-electron chi connectivity index (χ3n) is 6.62. The quantitative estimate of drug-likeness (QED) is 0.292. The molecule has 0 saturated carbocycles. The Balaban J connectivity index is 1.65. The van der Waals surface area contributed by atoms with Crippen LogP contribution < -0.4 is 10.2 Å². The molecule has 2 amide bonds. The normalized spacial score (nSPS) is 14.3. The highest BCUT2D eigenvalue weighted by Crippen LogP contribution is 2.49. The highest BCUT2D eigenvalue weighted by molar-refractivity contribution is 6.14. The summed E-state index contributed by atoms with van der Waals surface area (Å²) < 4.78 is 55.6. The maximum absolute atomic E-state index is 14.0. The number of hydrogen-bond donors (Lipinski definition) is 1. The van der Waals surface area contributed by atoms with Gasteiger partial charge in [-0.05, 0) is 56.2 Å². The van der Waals surface area contributed by atoms with Crippen molar-refractivity contribution in [3.05, 3.63) is 101 Å². The maximum Gasteiger partial charge on any atom is 0.434 e. The molecular formula is C29H22F4N4O2. The van der Waals surface area contributed by atoms with Crippen molar-refractivity contribution in [1.82, 2.24) is 9.97 Å². The minimum atomic E-state index is -4.88. The molecule has 10 heteroatoms. The van der Waals surface area contributed by atoms with Gasteiger partial charge in [-0.15, -0.1) is 0 Å². The molecule has 3 heterocycles. The number of rotatable bonds is 4. The van der Waals surface area contributed by atoms with Crippen molar-refractivity contribution in [2.24, 2.45) is 0 Å². The van der Waals surface area contributed by atoms with Crippen LogP contribution in [0.25, 0.3) is 11.1 Å². The minimum Gasteiger partial charge on any atom is -0.322 e. The third-order valence-corrected chi connectivity index (χ3v) is 6.62. The summed E-state index contributed by atoms with van der Waals surface area (Å²) in [6, 6.07) is 13.9. The summed E-state index contributed by atoms with van der Waals surface area (Å²) in [5.41, 5.74) is -0.0823. The number of halogens is 4. The lowest BCUT2D eigenvalue weighted by atomic mass is 9.81. The molecular weight excluding hydrogens is 512 g/mol. The standard InChI is InChI=1S/C29H22F4N4O2/c1-16-7-9-19(10-8-16)36-26(38)22-11-17(13-35-25(22)29(31,32)33)21-5-4-6-23-24(21)28(2,3)27(39)37(23)20-12-18(30)14-34-15-20/h4-15H,1-3H3,(H,36,38). The first-order valence-electron chi connectivity index (χ1n) is 11.9. The fraction of sp³-hybridized carbons (Fsp3) is 0.172. The first-order chi connectivity index (χ1) is 18.4. The summed E-state index contributed by atoms with van der Waals surface area (Å²) in [6.45, 7) is 5.19. The number of aryl methyl sites for hydroxylation is 1. The average Bonchev–Trinajstić information content (AvgIpc) is 3.09. The molecule has 198 valence electrons. The fourth-order valence-corrected chi connectivity index (χ4v) is 4.75. The molecule has 0 aliphatic carbocycles. The first-order valence-corrected chi connectivity index (χ1v) is 11.9. The monoisotopic (exact) mass is 534 g/mol. The van der Waals surface area contributed by atoms with Crippen molar-refractivity contribution < 1.29 is 27.2 Å². The Labute approximate surface area is 221 Å². The molecule has 1 aliphatic rings. The van der Waals surface area contributed by atoms with Crippen molar-refractivity contribution in [3.8, 4) is 11.1 Å². The molecule has 0 saturated heterocycles. The summed E-state index contributed by atoms with van der Waals surface area (Å²) in [4.78, 5) is 35.4. The Hall–Kier alpha value is -4.60. The second-order valence-corrected chi connectivity index (χ2v) is 9.76. The van der Waals surface area contributed by atoms with Crippen molar-refractivity contribution >= 4 is 28.9 Å². The number of pyridine rings is 2. The number of fused-ring (bicyclic) bond motifs is 1. The van der Waals surface area contributed by atoms with E-state index in [1.54, 1.807) is 56.3 Å². The minimum absolute atomic E-state index is 0.215. The van der Waals surface area contributed by atoms with Crippen molar-refractivity contribution in [3.63, 3.8) is 0 Å². The lowest BCUT2D eigenvalue weighted by molar-refractivity contribution is -0.141. The number of carbonyl (C=O) groups excluding carboxylic acids is 2. The summed E-state index contributed by atoms with van der Waals surface area (Å²) in [6.07, 6.45) is -1.48. The molecule has 2 aromatic heterocycles. The number of alkyl halides is 3.